The maximum absolute atomic E-state index is 12.3. The van der Waals surface area contributed by atoms with E-state index in [2.05, 4.69) is 10.4 Å². The van der Waals surface area contributed by atoms with Gasteiger partial charge in [0.15, 0.2) is 5.76 Å². The maximum Gasteiger partial charge on any atom is 0.287 e. The lowest BCUT2D eigenvalue weighted by Gasteiger charge is -2.31. The SMILES string of the molecule is Cc1ccoc1C(=O)N[C@H]1CCCO[C@@H]1c1cnn(C)c1. The highest BCUT2D eigenvalue weighted by Gasteiger charge is 2.30. The van der Waals surface area contributed by atoms with Crippen molar-refractivity contribution in [2.45, 2.75) is 31.9 Å². The number of furan rings is 1. The van der Waals surface area contributed by atoms with Gasteiger partial charge in [0.2, 0.25) is 0 Å². The summed E-state index contributed by atoms with van der Waals surface area (Å²) in [5.74, 6) is 0.174. The Labute approximate surface area is 123 Å². The van der Waals surface area contributed by atoms with E-state index in [-0.39, 0.29) is 18.1 Å². The third-order valence-electron chi connectivity index (χ3n) is 3.76. The number of amides is 1. The lowest BCUT2D eigenvalue weighted by atomic mass is 9.98. The molecule has 21 heavy (non-hydrogen) atoms. The molecule has 1 N–H and O–H groups in total. The zero-order valence-corrected chi connectivity index (χ0v) is 12.2. The molecule has 0 radical (unpaired) electrons. The Kier molecular flexibility index (Phi) is 3.79. The Balaban J connectivity index is 1.76. The van der Waals surface area contributed by atoms with Gasteiger partial charge in [-0.1, -0.05) is 0 Å². The van der Waals surface area contributed by atoms with Crippen LogP contribution in [0.4, 0.5) is 0 Å². The van der Waals surface area contributed by atoms with Crippen molar-refractivity contribution in [3.63, 3.8) is 0 Å². The van der Waals surface area contributed by atoms with Crippen LogP contribution in [0, 0.1) is 6.92 Å². The lowest BCUT2D eigenvalue weighted by Crippen LogP contribution is -2.42. The van der Waals surface area contributed by atoms with Gasteiger partial charge >= 0.3 is 0 Å². The molecule has 3 heterocycles. The molecule has 6 heteroatoms. The number of hydrogen-bond acceptors (Lipinski definition) is 4. The quantitative estimate of drug-likeness (QED) is 0.938. The van der Waals surface area contributed by atoms with Crippen LogP contribution in [0.1, 0.15) is 40.6 Å². The summed E-state index contributed by atoms with van der Waals surface area (Å²) in [5, 5.41) is 7.20. The lowest BCUT2D eigenvalue weighted by molar-refractivity contribution is -0.00977. The van der Waals surface area contributed by atoms with E-state index in [9.17, 15) is 4.79 Å². The number of rotatable bonds is 3. The Morgan fingerprint density at radius 3 is 3.05 bits per heavy atom. The fraction of sp³-hybridized carbons (Fsp3) is 0.467. The van der Waals surface area contributed by atoms with Crippen molar-refractivity contribution in [2.75, 3.05) is 6.61 Å². The first-order valence-corrected chi connectivity index (χ1v) is 7.10. The van der Waals surface area contributed by atoms with E-state index in [1.54, 1.807) is 16.9 Å². The monoisotopic (exact) mass is 289 g/mol. The maximum atomic E-state index is 12.3. The summed E-state index contributed by atoms with van der Waals surface area (Å²) in [6.07, 6.45) is 6.89. The van der Waals surface area contributed by atoms with E-state index < -0.39 is 0 Å². The van der Waals surface area contributed by atoms with Gasteiger partial charge in [-0.3, -0.25) is 9.48 Å². The Morgan fingerprint density at radius 1 is 1.52 bits per heavy atom. The second kappa shape index (κ2) is 5.73. The highest BCUT2D eigenvalue weighted by atomic mass is 16.5. The Hall–Kier alpha value is -2.08. The summed E-state index contributed by atoms with van der Waals surface area (Å²) in [4.78, 5) is 12.3. The summed E-state index contributed by atoms with van der Waals surface area (Å²) < 4.78 is 12.8. The standard InChI is InChI=1S/C15H19N3O3/c1-10-5-7-21-13(10)15(19)17-12-4-3-6-20-14(12)11-8-16-18(2)9-11/h5,7-9,12,14H,3-4,6H2,1-2H3,(H,17,19)/t12-,14+/m0/s1. The number of hydrogen-bond donors (Lipinski definition) is 1. The molecule has 2 atom stereocenters. The van der Waals surface area contributed by atoms with Crippen LogP contribution in [0.5, 0.6) is 0 Å². The molecule has 3 rings (SSSR count). The van der Waals surface area contributed by atoms with Crippen molar-refractivity contribution >= 4 is 5.91 Å². The fourth-order valence-corrected chi connectivity index (χ4v) is 2.68. The molecule has 2 aromatic rings. The number of nitrogens with zero attached hydrogens (tertiary/aromatic N) is 2. The molecule has 0 aliphatic carbocycles. The normalized spacial score (nSPS) is 22.2. The van der Waals surface area contributed by atoms with Crippen LogP contribution in [-0.4, -0.2) is 28.3 Å². The van der Waals surface area contributed by atoms with Crippen LogP contribution in [0.2, 0.25) is 0 Å². The number of carbonyl (C=O) groups excluding carboxylic acids is 1. The summed E-state index contributed by atoms with van der Waals surface area (Å²) >= 11 is 0. The van der Waals surface area contributed by atoms with Crippen LogP contribution < -0.4 is 5.32 Å². The zero-order valence-electron chi connectivity index (χ0n) is 12.2. The van der Waals surface area contributed by atoms with Crippen molar-refractivity contribution in [1.82, 2.24) is 15.1 Å². The molecule has 0 saturated carbocycles. The molecule has 1 amide bonds. The molecular formula is C15H19N3O3. The highest BCUT2D eigenvalue weighted by Crippen LogP contribution is 2.28. The molecule has 6 nitrogen and oxygen atoms in total. The van der Waals surface area contributed by atoms with Crippen LogP contribution >= 0.6 is 0 Å². The van der Waals surface area contributed by atoms with Gasteiger partial charge < -0.3 is 14.5 Å². The van der Waals surface area contributed by atoms with Crippen molar-refractivity contribution in [2.24, 2.45) is 7.05 Å². The second-order valence-electron chi connectivity index (χ2n) is 5.39. The van der Waals surface area contributed by atoms with Crippen LogP contribution in [0.3, 0.4) is 0 Å². The van der Waals surface area contributed by atoms with Gasteiger partial charge in [0, 0.05) is 31.0 Å². The van der Waals surface area contributed by atoms with E-state index in [1.165, 1.54) is 6.26 Å². The third-order valence-corrected chi connectivity index (χ3v) is 3.76. The van der Waals surface area contributed by atoms with Gasteiger partial charge in [-0.15, -0.1) is 0 Å². The summed E-state index contributed by atoms with van der Waals surface area (Å²) in [7, 11) is 1.87. The van der Waals surface area contributed by atoms with E-state index in [0.29, 0.717) is 12.4 Å². The van der Waals surface area contributed by atoms with Gasteiger partial charge in [-0.2, -0.15) is 5.10 Å². The molecule has 1 fully saturated rings. The predicted molar refractivity (Wildman–Crippen MR) is 75.8 cm³/mol. The Bertz CT molecular complexity index is 632. The van der Waals surface area contributed by atoms with E-state index in [1.807, 2.05) is 20.2 Å². The van der Waals surface area contributed by atoms with Crippen LogP contribution in [0.25, 0.3) is 0 Å². The molecule has 0 aromatic carbocycles. The number of ether oxygens (including phenoxy) is 1. The van der Waals surface area contributed by atoms with Gasteiger partial charge in [0.1, 0.15) is 6.10 Å². The second-order valence-corrected chi connectivity index (χ2v) is 5.39. The first-order valence-electron chi connectivity index (χ1n) is 7.10. The number of aryl methyl sites for hydroxylation is 2. The van der Waals surface area contributed by atoms with Gasteiger partial charge in [0.25, 0.3) is 5.91 Å². The van der Waals surface area contributed by atoms with E-state index >= 15 is 0 Å². The minimum atomic E-state index is -0.193. The molecule has 1 aliphatic rings. The minimum absolute atomic E-state index is 0.0695. The predicted octanol–water partition coefficient (Wildman–Crippen LogP) is 1.97. The van der Waals surface area contributed by atoms with Crippen LogP contribution in [-0.2, 0) is 11.8 Å². The number of aromatic nitrogens is 2. The van der Waals surface area contributed by atoms with Crippen molar-refractivity contribution in [3.05, 3.63) is 41.6 Å². The van der Waals surface area contributed by atoms with Crippen LogP contribution in [0.15, 0.2) is 29.1 Å². The zero-order chi connectivity index (χ0) is 14.8. The van der Waals surface area contributed by atoms with E-state index in [4.69, 9.17) is 9.15 Å². The fourth-order valence-electron chi connectivity index (χ4n) is 2.68. The van der Waals surface area contributed by atoms with Crippen molar-refractivity contribution in [1.29, 1.82) is 0 Å². The molecule has 0 spiro atoms. The van der Waals surface area contributed by atoms with Gasteiger partial charge in [-0.25, -0.2) is 0 Å². The number of carbonyl (C=O) groups is 1. The van der Waals surface area contributed by atoms with Crippen molar-refractivity contribution in [3.8, 4) is 0 Å². The summed E-state index contributed by atoms with van der Waals surface area (Å²) in [6, 6.07) is 1.71. The average molecular weight is 289 g/mol. The number of nitrogens with one attached hydrogen (secondary N) is 1. The molecule has 0 bridgehead atoms. The van der Waals surface area contributed by atoms with E-state index in [0.717, 1.165) is 24.0 Å². The molecule has 0 unspecified atom stereocenters. The average Bonchev–Trinajstić information content (AvgIpc) is 3.08. The first kappa shape index (κ1) is 13.9. The van der Waals surface area contributed by atoms with Gasteiger partial charge in [-0.05, 0) is 25.8 Å². The molecule has 1 saturated heterocycles. The molecule has 2 aromatic heterocycles. The first-order chi connectivity index (χ1) is 10.1. The van der Waals surface area contributed by atoms with Gasteiger partial charge in [0.05, 0.1) is 18.5 Å². The summed E-state index contributed by atoms with van der Waals surface area (Å²) in [5.41, 5.74) is 1.82. The minimum Gasteiger partial charge on any atom is -0.459 e. The Morgan fingerprint density at radius 2 is 2.38 bits per heavy atom. The third kappa shape index (κ3) is 2.85. The molecule has 1 aliphatic heterocycles. The highest BCUT2D eigenvalue weighted by molar-refractivity contribution is 5.93. The smallest absolute Gasteiger partial charge is 0.287 e. The molecular weight excluding hydrogens is 270 g/mol. The topological polar surface area (TPSA) is 69.3 Å². The largest absolute Gasteiger partial charge is 0.459 e. The molecule has 112 valence electrons. The summed E-state index contributed by atoms with van der Waals surface area (Å²) in [6.45, 7) is 2.56. The van der Waals surface area contributed by atoms with Crippen molar-refractivity contribution < 1.29 is 13.9 Å².